The van der Waals surface area contributed by atoms with Crippen LogP contribution in [0.5, 0.6) is 0 Å². The molecule has 2 aromatic carbocycles. The molecule has 0 aliphatic heterocycles. The summed E-state index contributed by atoms with van der Waals surface area (Å²) in [5.41, 5.74) is 2.17. The first-order valence-corrected chi connectivity index (χ1v) is 15.0. The Balaban J connectivity index is 0.000000629. The molecule has 0 aliphatic rings. The van der Waals surface area contributed by atoms with E-state index in [1.807, 2.05) is 60.7 Å². The highest BCUT2D eigenvalue weighted by Gasteiger charge is 2.13. The van der Waals surface area contributed by atoms with Crippen molar-refractivity contribution in [1.82, 2.24) is 0 Å². The van der Waals surface area contributed by atoms with E-state index < -0.39 is 28.3 Å². The first-order chi connectivity index (χ1) is 19.5. The van der Waals surface area contributed by atoms with E-state index in [0.29, 0.717) is 39.6 Å². The number of aliphatic hydroxyl groups is 1. The number of ether oxygens (including phenoxy) is 5. The van der Waals surface area contributed by atoms with Gasteiger partial charge >= 0.3 is 11.9 Å². The van der Waals surface area contributed by atoms with Gasteiger partial charge in [0.15, 0.2) is 6.10 Å². The van der Waals surface area contributed by atoms with E-state index in [1.165, 1.54) is 6.92 Å². The monoisotopic (exact) mass is 600 g/mol. The van der Waals surface area contributed by atoms with Gasteiger partial charge in [0.1, 0.15) is 6.10 Å². The zero-order chi connectivity index (χ0) is 30.9. The fourth-order valence-electron chi connectivity index (χ4n) is 2.65. The largest absolute Gasteiger partial charge is 0.464 e. The van der Waals surface area contributed by atoms with E-state index in [-0.39, 0.29) is 19.2 Å². The first-order valence-electron chi connectivity index (χ1n) is 13.2. The lowest BCUT2D eigenvalue weighted by Gasteiger charge is -2.11. The molecule has 2 rings (SSSR count). The second kappa shape index (κ2) is 23.8. The number of carbonyl (C=O) groups excluding carboxylic acids is 2. The maximum atomic E-state index is 11.2. The molecule has 41 heavy (non-hydrogen) atoms. The van der Waals surface area contributed by atoms with Crippen molar-refractivity contribution in [3.63, 3.8) is 0 Å². The molecular formula is C29H44O11S. The van der Waals surface area contributed by atoms with Gasteiger partial charge in [-0.25, -0.2) is 9.59 Å². The Morgan fingerprint density at radius 2 is 1.17 bits per heavy atom. The third kappa shape index (κ3) is 23.5. The molecule has 0 bridgehead atoms. The average Bonchev–Trinajstić information content (AvgIpc) is 2.94. The molecule has 0 spiro atoms. The van der Waals surface area contributed by atoms with E-state index in [1.54, 1.807) is 20.8 Å². The quantitative estimate of drug-likeness (QED) is 0.172. The van der Waals surface area contributed by atoms with Crippen LogP contribution in [0.3, 0.4) is 0 Å². The summed E-state index contributed by atoms with van der Waals surface area (Å²) in [5.74, 6) is -0.895. The summed E-state index contributed by atoms with van der Waals surface area (Å²) in [7, 11) is -3.35. The summed E-state index contributed by atoms with van der Waals surface area (Å²) in [6.07, 6.45) is -0.510. The fraction of sp³-hybridized carbons (Fsp3) is 0.517. The molecule has 0 amide bonds. The van der Waals surface area contributed by atoms with Crippen molar-refractivity contribution >= 4 is 22.1 Å². The molecule has 0 aliphatic carbocycles. The second-order valence-corrected chi connectivity index (χ2v) is 9.94. The molecule has 1 N–H and O–H groups in total. The Morgan fingerprint density at radius 1 is 0.732 bits per heavy atom. The highest BCUT2D eigenvalue weighted by molar-refractivity contribution is 7.85. The minimum atomic E-state index is -3.35. The Kier molecular flexibility index (Phi) is 22.1. The van der Waals surface area contributed by atoms with Gasteiger partial charge in [-0.2, -0.15) is 8.42 Å². The number of rotatable bonds is 16. The van der Waals surface area contributed by atoms with Crippen LogP contribution in [-0.2, 0) is 60.8 Å². The number of hydrogen-bond acceptors (Lipinski definition) is 11. The number of esters is 2. The minimum Gasteiger partial charge on any atom is -0.464 e. The van der Waals surface area contributed by atoms with Crippen LogP contribution in [0.15, 0.2) is 60.7 Å². The molecule has 0 aromatic heterocycles. The topological polar surface area (TPSA) is 144 Å². The molecule has 232 valence electrons. The second-order valence-electron chi connectivity index (χ2n) is 8.30. The Bertz CT molecular complexity index is 1030. The van der Waals surface area contributed by atoms with Crippen molar-refractivity contribution in [2.24, 2.45) is 0 Å². The molecule has 0 saturated carbocycles. The van der Waals surface area contributed by atoms with Gasteiger partial charge in [-0.1, -0.05) is 60.7 Å². The molecule has 2 aromatic rings. The van der Waals surface area contributed by atoms with Crippen molar-refractivity contribution in [1.29, 1.82) is 0 Å². The summed E-state index contributed by atoms with van der Waals surface area (Å²) in [5, 5.41) is 8.48. The highest BCUT2D eigenvalue weighted by atomic mass is 32.2. The normalized spacial score (nSPS) is 12.0. The SMILES string of the molecule is CCOC(=O)[C@H](C)O.CCOC(=O)[C@H](C)OCCOCc1ccccc1.CS(=O)(=O)OCCOCc1ccccc1. The number of hydrogen-bond donors (Lipinski definition) is 1. The van der Waals surface area contributed by atoms with Gasteiger partial charge in [0, 0.05) is 0 Å². The van der Waals surface area contributed by atoms with Gasteiger partial charge in [-0.05, 0) is 38.8 Å². The van der Waals surface area contributed by atoms with E-state index >= 15 is 0 Å². The van der Waals surface area contributed by atoms with Crippen LogP contribution in [-0.4, -0.2) is 83.6 Å². The maximum Gasteiger partial charge on any atom is 0.334 e. The van der Waals surface area contributed by atoms with Gasteiger partial charge in [0.05, 0.1) is 59.1 Å². The molecule has 0 heterocycles. The van der Waals surface area contributed by atoms with Gasteiger partial charge in [0.25, 0.3) is 10.1 Å². The Hall–Kier alpha value is -2.87. The van der Waals surface area contributed by atoms with Gasteiger partial charge < -0.3 is 28.8 Å². The predicted molar refractivity (Wildman–Crippen MR) is 153 cm³/mol. The standard InChI is InChI=1S/C14H20O4.C10H14O4S.C5H10O3/c1-3-17-14(15)12(2)18-10-9-16-11-13-7-5-4-6-8-13;1-15(11,12)14-8-7-13-9-10-5-3-2-4-6-10;1-3-8-5(7)4(2)6/h4-8,12H,3,9-11H2,1-2H3;2-6H,7-9H2,1H3;4,6H,3H2,1-2H3/t12-;;4-/m0.0/s1. The third-order valence-electron chi connectivity index (χ3n) is 4.59. The summed E-state index contributed by atoms with van der Waals surface area (Å²) in [6.45, 7) is 9.40. The number of benzene rings is 2. The van der Waals surface area contributed by atoms with Crippen LogP contribution >= 0.6 is 0 Å². The van der Waals surface area contributed by atoms with Crippen LogP contribution < -0.4 is 0 Å². The predicted octanol–water partition coefficient (Wildman–Crippen LogP) is 3.28. The zero-order valence-electron chi connectivity index (χ0n) is 24.5. The van der Waals surface area contributed by atoms with E-state index in [4.69, 9.17) is 24.1 Å². The van der Waals surface area contributed by atoms with E-state index in [9.17, 15) is 18.0 Å². The summed E-state index contributed by atoms with van der Waals surface area (Å²) in [4.78, 5) is 21.5. The zero-order valence-corrected chi connectivity index (χ0v) is 25.3. The summed E-state index contributed by atoms with van der Waals surface area (Å²) >= 11 is 0. The van der Waals surface area contributed by atoms with Crippen LogP contribution in [0.25, 0.3) is 0 Å². The lowest BCUT2D eigenvalue weighted by Crippen LogP contribution is -2.24. The molecule has 2 atom stereocenters. The van der Waals surface area contributed by atoms with Crippen molar-refractivity contribution in [3.05, 3.63) is 71.8 Å². The Labute approximate surface area is 243 Å². The molecular weight excluding hydrogens is 556 g/mol. The van der Waals surface area contributed by atoms with Gasteiger partial charge in [0.2, 0.25) is 0 Å². The van der Waals surface area contributed by atoms with Crippen molar-refractivity contribution in [3.8, 4) is 0 Å². The first kappa shape index (κ1) is 38.1. The minimum absolute atomic E-state index is 0.0612. The van der Waals surface area contributed by atoms with Crippen molar-refractivity contribution in [2.45, 2.75) is 53.1 Å². The summed E-state index contributed by atoms with van der Waals surface area (Å²) < 4.78 is 50.9. The maximum absolute atomic E-state index is 11.2. The lowest BCUT2D eigenvalue weighted by molar-refractivity contribution is -0.156. The number of aliphatic hydroxyl groups excluding tert-OH is 1. The lowest BCUT2D eigenvalue weighted by atomic mass is 10.2. The van der Waals surface area contributed by atoms with Crippen LogP contribution in [0, 0.1) is 0 Å². The van der Waals surface area contributed by atoms with Crippen LogP contribution in [0.2, 0.25) is 0 Å². The van der Waals surface area contributed by atoms with Crippen LogP contribution in [0.4, 0.5) is 0 Å². The molecule has 12 heteroatoms. The molecule has 0 saturated heterocycles. The average molecular weight is 601 g/mol. The van der Waals surface area contributed by atoms with Gasteiger partial charge in [-0.3, -0.25) is 4.18 Å². The van der Waals surface area contributed by atoms with Crippen molar-refractivity contribution in [2.75, 3.05) is 45.9 Å². The van der Waals surface area contributed by atoms with Crippen molar-refractivity contribution < 1.29 is 51.0 Å². The molecule has 11 nitrogen and oxygen atoms in total. The molecule has 0 unspecified atom stereocenters. The van der Waals surface area contributed by atoms with E-state index in [2.05, 4.69) is 8.92 Å². The van der Waals surface area contributed by atoms with E-state index in [0.717, 1.165) is 17.4 Å². The number of carbonyl (C=O) groups is 2. The highest BCUT2D eigenvalue weighted by Crippen LogP contribution is 2.02. The van der Waals surface area contributed by atoms with Crippen LogP contribution in [0.1, 0.15) is 38.8 Å². The van der Waals surface area contributed by atoms with Gasteiger partial charge in [-0.15, -0.1) is 0 Å². The molecule has 0 radical (unpaired) electrons. The fourth-order valence-corrected chi connectivity index (χ4v) is 3.02. The molecule has 0 fully saturated rings. The smallest absolute Gasteiger partial charge is 0.334 e. The third-order valence-corrected chi connectivity index (χ3v) is 5.18. The summed E-state index contributed by atoms with van der Waals surface area (Å²) in [6, 6.07) is 19.6. The Morgan fingerprint density at radius 3 is 1.56 bits per heavy atom.